The molecule has 2 aromatic carbocycles. The molecule has 0 unspecified atom stereocenters. The fourth-order valence-electron chi connectivity index (χ4n) is 1.39. The molecule has 2 aromatic rings. The van der Waals surface area contributed by atoms with Gasteiger partial charge in [0, 0.05) is 5.88 Å². The summed E-state index contributed by atoms with van der Waals surface area (Å²) in [5, 5.41) is 0. The molecule has 0 aliphatic carbocycles. The fourth-order valence-corrected chi connectivity index (χ4v) is 1.55. The van der Waals surface area contributed by atoms with Crippen molar-refractivity contribution in [2.75, 3.05) is 0 Å². The van der Waals surface area contributed by atoms with Gasteiger partial charge in [0.2, 0.25) is 0 Å². The Morgan fingerprint density at radius 3 is 2.12 bits per heavy atom. The first-order chi connectivity index (χ1) is 8.20. The van der Waals surface area contributed by atoms with Crippen LogP contribution in [0.3, 0.4) is 0 Å². The molecule has 0 aliphatic heterocycles. The summed E-state index contributed by atoms with van der Waals surface area (Å²) in [6.07, 6.45) is 0. The third-order valence-corrected chi connectivity index (χ3v) is 2.48. The van der Waals surface area contributed by atoms with Crippen molar-refractivity contribution < 1.29 is 13.5 Å². The van der Waals surface area contributed by atoms with Gasteiger partial charge in [0.15, 0.2) is 17.4 Å². The minimum Gasteiger partial charge on any atom is -0.451 e. The van der Waals surface area contributed by atoms with Gasteiger partial charge in [-0.2, -0.15) is 0 Å². The number of benzene rings is 2. The van der Waals surface area contributed by atoms with Crippen molar-refractivity contribution in [2.24, 2.45) is 0 Å². The first kappa shape index (κ1) is 11.9. The molecule has 0 saturated heterocycles. The van der Waals surface area contributed by atoms with E-state index in [4.69, 9.17) is 16.3 Å². The number of ether oxygens (including phenoxy) is 1. The molecular weight excluding hydrogens is 246 g/mol. The van der Waals surface area contributed by atoms with Crippen LogP contribution in [0.5, 0.6) is 11.5 Å². The lowest BCUT2D eigenvalue weighted by molar-refractivity contribution is 0.407. The molecule has 0 heterocycles. The van der Waals surface area contributed by atoms with Gasteiger partial charge < -0.3 is 4.74 Å². The Hall–Kier alpha value is -1.61. The highest BCUT2D eigenvalue weighted by molar-refractivity contribution is 6.17. The van der Waals surface area contributed by atoms with Gasteiger partial charge in [0.05, 0.1) is 0 Å². The maximum absolute atomic E-state index is 13.6. The first-order valence-corrected chi connectivity index (χ1v) is 5.51. The van der Waals surface area contributed by atoms with Gasteiger partial charge in [-0.15, -0.1) is 11.6 Å². The average molecular weight is 255 g/mol. The quantitative estimate of drug-likeness (QED) is 0.733. The van der Waals surface area contributed by atoms with Crippen molar-refractivity contribution in [3.8, 4) is 11.5 Å². The van der Waals surface area contributed by atoms with Crippen molar-refractivity contribution in [3.63, 3.8) is 0 Å². The Balaban J connectivity index is 2.33. The zero-order valence-corrected chi connectivity index (χ0v) is 9.55. The Labute approximate surface area is 103 Å². The van der Waals surface area contributed by atoms with E-state index in [1.165, 1.54) is 0 Å². The van der Waals surface area contributed by atoms with Crippen molar-refractivity contribution in [3.05, 3.63) is 59.7 Å². The van der Waals surface area contributed by atoms with Gasteiger partial charge in [0.1, 0.15) is 5.75 Å². The fraction of sp³-hybridized carbons (Fsp3) is 0.0769. The van der Waals surface area contributed by atoms with E-state index in [2.05, 4.69) is 0 Å². The van der Waals surface area contributed by atoms with Crippen molar-refractivity contribution >= 4 is 11.6 Å². The minimum absolute atomic E-state index is 0.0550. The second-order valence-electron chi connectivity index (χ2n) is 3.44. The Morgan fingerprint density at radius 2 is 1.59 bits per heavy atom. The topological polar surface area (TPSA) is 9.23 Å². The molecule has 0 fully saturated rings. The number of para-hydroxylation sites is 1. The predicted octanol–water partition coefficient (Wildman–Crippen LogP) is 4.50. The Bertz CT molecular complexity index is 491. The molecule has 0 amide bonds. The third kappa shape index (κ3) is 2.74. The van der Waals surface area contributed by atoms with Crippen LogP contribution in [0.2, 0.25) is 0 Å². The predicted molar refractivity (Wildman–Crippen MR) is 62.4 cm³/mol. The van der Waals surface area contributed by atoms with Gasteiger partial charge in [-0.25, -0.2) is 8.78 Å². The van der Waals surface area contributed by atoms with Gasteiger partial charge in [-0.3, -0.25) is 0 Å². The number of alkyl halides is 1. The van der Waals surface area contributed by atoms with Crippen LogP contribution in [-0.2, 0) is 5.88 Å². The van der Waals surface area contributed by atoms with Crippen LogP contribution in [0.25, 0.3) is 0 Å². The molecule has 0 spiro atoms. The number of hydrogen-bond donors (Lipinski definition) is 0. The molecule has 0 aromatic heterocycles. The number of halogens is 3. The summed E-state index contributed by atoms with van der Waals surface area (Å²) in [7, 11) is 0. The summed E-state index contributed by atoms with van der Waals surface area (Å²) in [5.41, 5.74) is 0.377. The molecule has 2 rings (SSSR count). The lowest BCUT2D eigenvalue weighted by Gasteiger charge is -2.08. The van der Waals surface area contributed by atoms with Gasteiger partial charge in [-0.1, -0.05) is 18.2 Å². The van der Waals surface area contributed by atoms with Crippen LogP contribution < -0.4 is 4.74 Å². The standard InChI is InChI=1S/C13H9ClF2O/c14-8-9-6-11(15)13(12(16)7-9)17-10-4-2-1-3-5-10/h1-7H,8H2. The normalized spacial score (nSPS) is 10.3. The molecule has 4 heteroatoms. The van der Waals surface area contributed by atoms with Crippen LogP contribution in [-0.4, -0.2) is 0 Å². The second-order valence-corrected chi connectivity index (χ2v) is 3.70. The summed E-state index contributed by atoms with van der Waals surface area (Å²) in [6.45, 7) is 0. The van der Waals surface area contributed by atoms with Crippen LogP contribution >= 0.6 is 11.6 Å². The molecule has 88 valence electrons. The Kier molecular flexibility index (Phi) is 3.59. The molecule has 0 saturated carbocycles. The van der Waals surface area contributed by atoms with Crippen LogP contribution in [0.15, 0.2) is 42.5 Å². The number of rotatable bonds is 3. The van der Waals surface area contributed by atoms with Crippen LogP contribution in [0.4, 0.5) is 8.78 Å². The van der Waals surface area contributed by atoms with Gasteiger partial charge in [-0.05, 0) is 29.8 Å². The number of hydrogen-bond acceptors (Lipinski definition) is 1. The maximum Gasteiger partial charge on any atom is 0.198 e. The van der Waals surface area contributed by atoms with Gasteiger partial charge in [0.25, 0.3) is 0 Å². The van der Waals surface area contributed by atoms with Gasteiger partial charge >= 0.3 is 0 Å². The minimum atomic E-state index is -0.760. The highest BCUT2D eigenvalue weighted by Gasteiger charge is 2.13. The smallest absolute Gasteiger partial charge is 0.198 e. The lowest BCUT2D eigenvalue weighted by atomic mass is 10.2. The van der Waals surface area contributed by atoms with Crippen molar-refractivity contribution in [1.29, 1.82) is 0 Å². The summed E-state index contributed by atoms with van der Waals surface area (Å²) < 4.78 is 32.3. The molecule has 0 N–H and O–H groups in total. The zero-order chi connectivity index (χ0) is 12.3. The third-order valence-electron chi connectivity index (χ3n) is 2.18. The van der Waals surface area contributed by atoms with E-state index in [9.17, 15) is 8.78 Å². The highest BCUT2D eigenvalue weighted by atomic mass is 35.5. The van der Waals surface area contributed by atoms with E-state index >= 15 is 0 Å². The Morgan fingerprint density at radius 1 is 1.00 bits per heavy atom. The van der Waals surface area contributed by atoms with E-state index in [1.807, 2.05) is 0 Å². The average Bonchev–Trinajstić information content (AvgIpc) is 2.35. The molecule has 1 nitrogen and oxygen atoms in total. The van der Waals surface area contributed by atoms with E-state index in [0.717, 1.165) is 12.1 Å². The highest BCUT2D eigenvalue weighted by Crippen LogP contribution is 2.28. The van der Waals surface area contributed by atoms with E-state index in [1.54, 1.807) is 30.3 Å². The monoisotopic (exact) mass is 254 g/mol. The van der Waals surface area contributed by atoms with E-state index < -0.39 is 17.4 Å². The van der Waals surface area contributed by atoms with Crippen molar-refractivity contribution in [1.82, 2.24) is 0 Å². The molecule has 0 radical (unpaired) electrons. The molecule has 0 aliphatic rings. The molecule has 17 heavy (non-hydrogen) atoms. The van der Waals surface area contributed by atoms with E-state index in [-0.39, 0.29) is 5.88 Å². The SMILES string of the molecule is Fc1cc(CCl)cc(F)c1Oc1ccccc1. The second kappa shape index (κ2) is 5.15. The zero-order valence-electron chi connectivity index (χ0n) is 8.79. The molecule has 0 bridgehead atoms. The summed E-state index contributed by atoms with van der Waals surface area (Å²) in [4.78, 5) is 0. The first-order valence-electron chi connectivity index (χ1n) is 4.97. The largest absolute Gasteiger partial charge is 0.451 e. The summed E-state index contributed by atoms with van der Waals surface area (Å²) in [6, 6.07) is 10.8. The lowest BCUT2D eigenvalue weighted by Crippen LogP contribution is -1.94. The summed E-state index contributed by atoms with van der Waals surface area (Å²) >= 11 is 5.51. The maximum atomic E-state index is 13.6. The van der Waals surface area contributed by atoms with E-state index in [0.29, 0.717) is 11.3 Å². The van der Waals surface area contributed by atoms with Crippen LogP contribution in [0, 0.1) is 11.6 Å². The van der Waals surface area contributed by atoms with Crippen LogP contribution in [0.1, 0.15) is 5.56 Å². The molecular formula is C13H9ClF2O. The summed E-state index contributed by atoms with van der Waals surface area (Å²) in [5.74, 6) is -1.50. The van der Waals surface area contributed by atoms with Crippen molar-refractivity contribution in [2.45, 2.75) is 5.88 Å². The molecule has 0 atom stereocenters.